The summed E-state index contributed by atoms with van der Waals surface area (Å²) in [7, 11) is 0. The molecule has 22 heavy (non-hydrogen) atoms. The van der Waals surface area contributed by atoms with E-state index in [2.05, 4.69) is 15.5 Å². The van der Waals surface area contributed by atoms with E-state index >= 15 is 0 Å². The Balaban J connectivity index is 1.98. The molecule has 0 bridgehead atoms. The number of rotatable bonds is 6. The Morgan fingerprint density at radius 1 is 1.36 bits per heavy atom. The molecule has 0 aliphatic rings. The van der Waals surface area contributed by atoms with Gasteiger partial charge < -0.3 is 10.1 Å². The number of carbonyl (C=O) groups excluding carboxylic acids is 1. The number of carbonyl (C=O) groups is 1. The molecule has 118 valence electrons. The smallest absolute Gasteiger partial charge is 0.237 e. The molecule has 5 nitrogen and oxygen atoms in total. The molecule has 0 aliphatic heterocycles. The van der Waals surface area contributed by atoms with E-state index in [-0.39, 0.29) is 17.3 Å². The lowest BCUT2D eigenvalue weighted by Crippen LogP contribution is -2.22. The van der Waals surface area contributed by atoms with Gasteiger partial charge in [0, 0.05) is 5.69 Å². The van der Waals surface area contributed by atoms with Crippen molar-refractivity contribution < 1.29 is 9.53 Å². The van der Waals surface area contributed by atoms with Crippen LogP contribution in [0.2, 0.25) is 0 Å². The van der Waals surface area contributed by atoms with Crippen molar-refractivity contribution in [2.24, 2.45) is 0 Å². The third kappa shape index (κ3) is 4.71. The van der Waals surface area contributed by atoms with Crippen LogP contribution in [-0.2, 0) is 4.79 Å². The van der Waals surface area contributed by atoms with Gasteiger partial charge in [0.25, 0.3) is 0 Å². The quantitative estimate of drug-likeness (QED) is 0.813. The van der Waals surface area contributed by atoms with Gasteiger partial charge in [-0.2, -0.15) is 0 Å². The predicted octanol–water partition coefficient (Wildman–Crippen LogP) is 3.75. The first-order valence-corrected chi connectivity index (χ1v) is 8.72. The monoisotopic (exact) mass is 337 g/mol. The van der Waals surface area contributed by atoms with E-state index in [1.165, 1.54) is 23.1 Å². The molecule has 2 aromatic rings. The van der Waals surface area contributed by atoms with Crippen LogP contribution >= 0.6 is 23.1 Å². The number of ether oxygens (including phenoxy) is 1. The molecule has 0 fully saturated rings. The number of aromatic nitrogens is 2. The van der Waals surface area contributed by atoms with E-state index in [4.69, 9.17) is 4.74 Å². The first-order chi connectivity index (χ1) is 10.5. The lowest BCUT2D eigenvalue weighted by atomic mass is 10.2. The van der Waals surface area contributed by atoms with Gasteiger partial charge in [0.1, 0.15) is 11.3 Å². The molecule has 1 N–H and O–H groups in total. The minimum Gasteiger partial charge on any atom is -0.491 e. The van der Waals surface area contributed by atoms with Crippen molar-refractivity contribution >= 4 is 34.7 Å². The Labute approximate surface area is 138 Å². The molecule has 0 aliphatic carbocycles. The van der Waals surface area contributed by atoms with Gasteiger partial charge in [0.2, 0.25) is 5.91 Å². The van der Waals surface area contributed by atoms with Crippen LogP contribution in [0.15, 0.2) is 28.0 Å². The van der Waals surface area contributed by atoms with Gasteiger partial charge in [0.05, 0.1) is 11.4 Å². The summed E-state index contributed by atoms with van der Waals surface area (Å²) in [6.07, 6.45) is 0.128. The summed E-state index contributed by atoms with van der Waals surface area (Å²) in [6, 6.07) is 5.66. The van der Waals surface area contributed by atoms with Crippen LogP contribution in [0.4, 0.5) is 5.69 Å². The molecule has 0 unspecified atom stereocenters. The van der Waals surface area contributed by atoms with Crippen molar-refractivity contribution in [3.8, 4) is 5.75 Å². The highest BCUT2D eigenvalue weighted by molar-refractivity contribution is 8.02. The van der Waals surface area contributed by atoms with Crippen molar-refractivity contribution in [2.45, 2.75) is 43.4 Å². The molecule has 1 heterocycles. The van der Waals surface area contributed by atoms with Crippen LogP contribution in [0.3, 0.4) is 0 Å². The molecular weight excluding hydrogens is 318 g/mol. The number of benzene rings is 1. The highest BCUT2D eigenvalue weighted by Gasteiger charge is 2.17. The van der Waals surface area contributed by atoms with E-state index in [0.717, 1.165) is 21.3 Å². The topological polar surface area (TPSA) is 64.1 Å². The van der Waals surface area contributed by atoms with Crippen molar-refractivity contribution in [1.29, 1.82) is 0 Å². The third-order valence-corrected chi connectivity index (χ3v) is 4.73. The second-order valence-corrected chi connectivity index (χ2v) is 7.52. The molecule has 0 radical (unpaired) electrons. The average Bonchev–Trinajstić information content (AvgIpc) is 2.94. The first-order valence-electron chi connectivity index (χ1n) is 6.96. The van der Waals surface area contributed by atoms with Crippen LogP contribution < -0.4 is 10.1 Å². The number of amides is 1. The Hall–Kier alpha value is -1.60. The summed E-state index contributed by atoms with van der Waals surface area (Å²) >= 11 is 2.83. The second kappa shape index (κ2) is 7.60. The standard InChI is InChI=1S/C15H19N3O2S2/c1-9(2)20-12-5-6-13(10(3)7-12)17-14(19)11(4)22-15-18-16-8-21-15/h5-9,11H,1-4H3,(H,17,19)/t11-/m0/s1. The molecule has 0 spiro atoms. The van der Waals surface area contributed by atoms with Crippen molar-refractivity contribution in [3.05, 3.63) is 29.3 Å². The number of nitrogens with one attached hydrogen (secondary N) is 1. The largest absolute Gasteiger partial charge is 0.491 e. The second-order valence-electron chi connectivity index (χ2n) is 5.10. The summed E-state index contributed by atoms with van der Waals surface area (Å²) in [5.74, 6) is 0.752. The molecule has 2 rings (SSSR count). The van der Waals surface area contributed by atoms with Gasteiger partial charge in [-0.05, 0) is 51.5 Å². The maximum atomic E-state index is 12.2. The van der Waals surface area contributed by atoms with Crippen molar-refractivity contribution in [2.75, 3.05) is 5.32 Å². The number of aryl methyl sites for hydroxylation is 1. The summed E-state index contributed by atoms with van der Waals surface area (Å²) in [5.41, 5.74) is 3.43. The van der Waals surface area contributed by atoms with E-state index in [9.17, 15) is 4.79 Å². The Morgan fingerprint density at radius 2 is 2.14 bits per heavy atom. The molecule has 0 saturated carbocycles. The van der Waals surface area contributed by atoms with Crippen LogP contribution in [0.1, 0.15) is 26.3 Å². The number of hydrogen-bond donors (Lipinski definition) is 1. The molecular formula is C15H19N3O2S2. The summed E-state index contributed by atoms with van der Waals surface area (Å²) < 4.78 is 6.43. The number of hydrogen-bond acceptors (Lipinski definition) is 6. The lowest BCUT2D eigenvalue weighted by Gasteiger charge is -2.15. The normalized spacial score (nSPS) is 12.2. The Morgan fingerprint density at radius 3 is 2.73 bits per heavy atom. The zero-order chi connectivity index (χ0) is 16.1. The minimum absolute atomic E-state index is 0.0548. The molecule has 1 aromatic carbocycles. The molecule has 0 saturated heterocycles. The van der Waals surface area contributed by atoms with Crippen LogP contribution in [0.25, 0.3) is 0 Å². The highest BCUT2D eigenvalue weighted by Crippen LogP contribution is 2.26. The van der Waals surface area contributed by atoms with Gasteiger partial charge in [-0.25, -0.2) is 0 Å². The zero-order valence-electron chi connectivity index (χ0n) is 13.0. The number of nitrogens with zero attached hydrogens (tertiary/aromatic N) is 2. The Bertz CT molecular complexity index is 630. The van der Waals surface area contributed by atoms with E-state index < -0.39 is 0 Å². The minimum atomic E-state index is -0.237. The first kappa shape index (κ1) is 16.8. The van der Waals surface area contributed by atoms with Crippen LogP contribution in [-0.4, -0.2) is 27.5 Å². The SMILES string of the molecule is Cc1cc(OC(C)C)ccc1NC(=O)[C@H](C)Sc1nncs1. The molecule has 1 amide bonds. The highest BCUT2D eigenvalue weighted by atomic mass is 32.2. The van der Waals surface area contributed by atoms with E-state index in [0.29, 0.717) is 0 Å². The maximum absolute atomic E-state index is 12.2. The fourth-order valence-corrected chi connectivity index (χ4v) is 3.40. The Kier molecular flexibility index (Phi) is 5.79. The van der Waals surface area contributed by atoms with E-state index in [1.54, 1.807) is 5.51 Å². The fourth-order valence-electron chi connectivity index (χ4n) is 1.78. The number of thioether (sulfide) groups is 1. The average molecular weight is 337 g/mol. The lowest BCUT2D eigenvalue weighted by molar-refractivity contribution is -0.115. The van der Waals surface area contributed by atoms with Crippen LogP contribution in [0, 0.1) is 6.92 Å². The summed E-state index contributed by atoms with van der Waals surface area (Å²) in [4.78, 5) is 12.2. The summed E-state index contributed by atoms with van der Waals surface area (Å²) in [6.45, 7) is 7.77. The zero-order valence-corrected chi connectivity index (χ0v) is 14.6. The van der Waals surface area contributed by atoms with E-state index in [1.807, 2.05) is 45.9 Å². The third-order valence-electron chi connectivity index (χ3n) is 2.81. The fraction of sp³-hybridized carbons (Fsp3) is 0.400. The number of anilines is 1. The van der Waals surface area contributed by atoms with Gasteiger partial charge in [-0.15, -0.1) is 10.2 Å². The van der Waals surface area contributed by atoms with Crippen LogP contribution in [0.5, 0.6) is 5.75 Å². The predicted molar refractivity (Wildman–Crippen MR) is 90.8 cm³/mol. The van der Waals surface area contributed by atoms with Gasteiger partial charge in [0.15, 0.2) is 4.34 Å². The van der Waals surface area contributed by atoms with Crippen molar-refractivity contribution in [3.63, 3.8) is 0 Å². The molecule has 7 heteroatoms. The molecule has 1 atom stereocenters. The van der Waals surface area contributed by atoms with Crippen molar-refractivity contribution in [1.82, 2.24) is 10.2 Å². The maximum Gasteiger partial charge on any atom is 0.237 e. The summed E-state index contributed by atoms with van der Waals surface area (Å²) in [5, 5.41) is 10.4. The van der Waals surface area contributed by atoms with Gasteiger partial charge >= 0.3 is 0 Å². The molecule has 1 aromatic heterocycles. The van der Waals surface area contributed by atoms with Gasteiger partial charge in [-0.1, -0.05) is 23.1 Å². The van der Waals surface area contributed by atoms with Gasteiger partial charge in [-0.3, -0.25) is 4.79 Å².